The number of hydrogen-bond donors (Lipinski definition) is 3. The number of hydrazone groups is 1. The first-order chi connectivity index (χ1) is 9.93. The Morgan fingerprint density at radius 2 is 2.52 bits per heavy atom. The minimum absolute atomic E-state index is 0.102. The van der Waals surface area contributed by atoms with Crippen LogP contribution in [0.2, 0.25) is 0 Å². The zero-order valence-corrected chi connectivity index (χ0v) is 13.6. The van der Waals surface area contributed by atoms with Crippen molar-refractivity contribution < 1.29 is 14.7 Å². The summed E-state index contributed by atoms with van der Waals surface area (Å²) in [7, 11) is 0. The molecule has 1 fully saturated rings. The van der Waals surface area contributed by atoms with Crippen LogP contribution in [0.15, 0.2) is 16.4 Å². The molecule has 1 unspecified atom stereocenters. The van der Waals surface area contributed by atoms with Crippen molar-refractivity contribution in [1.82, 2.24) is 10.3 Å². The zero-order valence-electron chi connectivity index (χ0n) is 11.1. The number of β-lactam (4-membered cyclic amide) rings is 1. The number of fused-ring (bicyclic) bond motifs is 1. The number of thioether (sulfide) groups is 3. The van der Waals surface area contributed by atoms with Crippen LogP contribution in [-0.2, 0) is 9.59 Å². The lowest BCUT2D eigenvalue weighted by atomic mass is 10.0. The SMILES string of the molecule is CC1(SCC2=C(C(=O)O)N3C(=O)[C@@H](N)[C@H]3SC2)NN=CS1. The molecular formula is C11H14N4O3S3. The Balaban J connectivity index is 1.78. The maximum absolute atomic E-state index is 11.8. The fourth-order valence-corrected chi connectivity index (χ4v) is 5.50. The van der Waals surface area contributed by atoms with Gasteiger partial charge in [0.05, 0.1) is 5.55 Å². The second-order valence-corrected chi connectivity index (χ2v) is 8.91. The summed E-state index contributed by atoms with van der Waals surface area (Å²) in [6, 6.07) is -0.587. The van der Waals surface area contributed by atoms with E-state index in [9.17, 15) is 14.7 Å². The molecule has 3 rings (SSSR count). The maximum atomic E-state index is 11.8. The molecule has 0 saturated carbocycles. The third-order valence-corrected chi connectivity index (χ3v) is 7.30. The van der Waals surface area contributed by atoms with Crippen molar-refractivity contribution in [2.75, 3.05) is 11.5 Å². The van der Waals surface area contributed by atoms with Crippen LogP contribution in [0.4, 0.5) is 0 Å². The van der Waals surface area contributed by atoms with Gasteiger partial charge in [-0.1, -0.05) is 11.8 Å². The quantitative estimate of drug-likeness (QED) is 0.622. The number of hydrogen-bond acceptors (Lipinski definition) is 8. The van der Waals surface area contributed by atoms with Gasteiger partial charge in [0.15, 0.2) is 0 Å². The number of rotatable bonds is 4. The van der Waals surface area contributed by atoms with Crippen molar-refractivity contribution in [3.8, 4) is 0 Å². The Kier molecular flexibility index (Phi) is 3.89. The van der Waals surface area contributed by atoms with Gasteiger partial charge in [-0.15, -0.1) is 23.5 Å². The molecule has 0 aromatic rings. The second kappa shape index (κ2) is 5.41. The third-order valence-electron chi connectivity index (χ3n) is 3.41. The molecule has 0 radical (unpaired) electrons. The molecule has 10 heteroatoms. The predicted molar refractivity (Wildman–Crippen MR) is 85.8 cm³/mol. The molecule has 3 aliphatic heterocycles. The van der Waals surface area contributed by atoms with Crippen LogP contribution in [-0.4, -0.2) is 54.6 Å². The van der Waals surface area contributed by atoms with Gasteiger partial charge in [0.25, 0.3) is 0 Å². The highest BCUT2D eigenvalue weighted by molar-refractivity contribution is 8.25. The van der Waals surface area contributed by atoms with Crippen LogP contribution in [0.25, 0.3) is 0 Å². The number of amides is 1. The van der Waals surface area contributed by atoms with Crippen molar-refractivity contribution in [3.05, 3.63) is 11.3 Å². The highest BCUT2D eigenvalue weighted by atomic mass is 32.2. The number of nitrogens with one attached hydrogen (secondary N) is 1. The summed E-state index contributed by atoms with van der Waals surface area (Å²) in [6.07, 6.45) is 0. The van der Waals surface area contributed by atoms with Gasteiger partial charge in [-0.2, -0.15) is 5.10 Å². The predicted octanol–water partition coefficient (Wildman–Crippen LogP) is 0.254. The lowest BCUT2D eigenvalue weighted by molar-refractivity contribution is -0.147. The van der Waals surface area contributed by atoms with Crippen LogP contribution in [0.5, 0.6) is 0 Å². The van der Waals surface area contributed by atoms with E-state index in [0.717, 1.165) is 5.57 Å². The fraction of sp³-hybridized carbons (Fsp3) is 0.545. The molecule has 1 amide bonds. The molecule has 3 heterocycles. The molecule has 0 spiro atoms. The smallest absolute Gasteiger partial charge is 0.352 e. The van der Waals surface area contributed by atoms with Crippen molar-refractivity contribution >= 4 is 52.7 Å². The van der Waals surface area contributed by atoms with Crippen LogP contribution >= 0.6 is 35.3 Å². The highest BCUT2D eigenvalue weighted by Crippen LogP contribution is 2.43. The lowest BCUT2D eigenvalue weighted by Gasteiger charge is -2.48. The number of nitrogens with two attached hydrogens (primary N) is 1. The van der Waals surface area contributed by atoms with Gasteiger partial charge in [-0.05, 0) is 12.5 Å². The van der Waals surface area contributed by atoms with E-state index in [4.69, 9.17) is 5.73 Å². The minimum atomic E-state index is -1.07. The first-order valence-corrected chi connectivity index (χ1v) is 9.10. The molecule has 7 nitrogen and oxygen atoms in total. The van der Waals surface area contributed by atoms with Crippen LogP contribution in [0, 0.1) is 0 Å². The first-order valence-electron chi connectivity index (χ1n) is 6.19. The monoisotopic (exact) mass is 346 g/mol. The Morgan fingerprint density at radius 3 is 3.14 bits per heavy atom. The average molecular weight is 346 g/mol. The third kappa shape index (κ3) is 2.54. The Hall–Kier alpha value is -0.840. The molecule has 4 N–H and O–H groups in total. The Bertz CT molecular complexity index is 557. The average Bonchev–Trinajstić information content (AvgIpc) is 2.90. The van der Waals surface area contributed by atoms with E-state index in [2.05, 4.69) is 10.5 Å². The van der Waals surface area contributed by atoms with Crippen molar-refractivity contribution in [1.29, 1.82) is 0 Å². The van der Waals surface area contributed by atoms with Gasteiger partial charge in [0.2, 0.25) is 5.91 Å². The van der Waals surface area contributed by atoms with E-state index in [1.54, 1.807) is 29.1 Å². The number of carboxylic acid groups (broad SMARTS) is 1. The molecule has 0 aromatic heterocycles. The summed E-state index contributed by atoms with van der Waals surface area (Å²) in [5, 5.41) is 13.2. The number of aliphatic carboxylic acids is 1. The van der Waals surface area contributed by atoms with Gasteiger partial charge >= 0.3 is 5.97 Å². The van der Waals surface area contributed by atoms with Gasteiger partial charge in [-0.25, -0.2) is 4.79 Å². The van der Waals surface area contributed by atoms with Gasteiger partial charge < -0.3 is 10.8 Å². The number of carboxylic acids is 1. The number of carbonyl (C=O) groups excluding carboxylic acids is 1. The molecule has 3 aliphatic rings. The van der Waals surface area contributed by atoms with E-state index >= 15 is 0 Å². The van der Waals surface area contributed by atoms with E-state index in [-0.39, 0.29) is 21.2 Å². The molecule has 21 heavy (non-hydrogen) atoms. The highest BCUT2D eigenvalue weighted by Gasteiger charge is 2.51. The van der Waals surface area contributed by atoms with Crippen LogP contribution in [0.3, 0.4) is 0 Å². The minimum Gasteiger partial charge on any atom is -0.477 e. The largest absolute Gasteiger partial charge is 0.477 e. The van der Waals surface area contributed by atoms with Gasteiger partial charge in [0, 0.05) is 11.5 Å². The molecule has 0 aliphatic carbocycles. The van der Waals surface area contributed by atoms with E-state index in [1.165, 1.54) is 16.7 Å². The summed E-state index contributed by atoms with van der Waals surface area (Å²) in [4.78, 5) is 24.7. The first kappa shape index (κ1) is 15.1. The van der Waals surface area contributed by atoms with E-state index < -0.39 is 12.0 Å². The summed E-state index contributed by atoms with van der Waals surface area (Å²) in [5.74, 6) is -0.266. The van der Waals surface area contributed by atoms with E-state index in [1.807, 2.05) is 6.92 Å². The summed E-state index contributed by atoms with van der Waals surface area (Å²) >= 11 is 4.63. The van der Waals surface area contributed by atoms with Crippen molar-refractivity contribution in [3.63, 3.8) is 0 Å². The summed E-state index contributed by atoms with van der Waals surface area (Å²) in [6.45, 7) is 1.99. The van der Waals surface area contributed by atoms with Crippen molar-refractivity contribution in [2.45, 2.75) is 22.5 Å². The standard InChI is InChI=1S/C11H14N4O3S3/c1-11(14-13-4-21-11)20-3-5-2-19-9-6(12)8(16)15(9)7(5)10(17)18/h4,6,9,14H,2-3,12H2,1H3,(H,17,18)/t6-,9-,11?/m1/s1. The fourth-order valence-electron chi connectivity index (χ4n) is 2.28. The Morgan fingerprint density at radius 1 is 1.76 bits per heavy atom. The second-order valence-electron chi connectivity index (χ2n) is 4.89. The molecule has 1 saturated heterocycles. The van der Waals surface area contributed by atoms with E-state index in [0.29, 0.717) is 11.5 Å². The Labute approximate surface area is 134 Å². The number of nitrogens with zero attached hydrogens (tertiary/aromatic N) is 2. The molecule has 114 valence electrons. The van der Waals surface area contributed by atoms with Crippen LogP contribution < -0.4 is 11.2 Å². The summed E-state index contributed by atoms with van der Waals surface area (Å²) in [5.41, 5.74) is 11.3. The topological polar surface area (TPSA) is 108 Å². The molecular weight excluding hydrogens is 332 g/mol. The molecule has 0 aromatic carbocycles. The van der Waals surface area contributed by atoms with Crippen molar-refractivity contribution in [2.24, 2.45) is 10.8 Å². The van der Waals surface area contributed by atoms with Gasteiger partial charge in [0.1, 0.15) is 21.3 Å². The number of carbonyl (C=O) groups is 2. The molecule has 3 atom stereocenters. The normalized spacial score (nSPS) is 34.6. The maximum Gasteiger partial charge on any atom is 0.352 e. The lowest BCUT2D eigenvalue weighted by Crippen LogP contribution is -2.68. The summed E-state index contributed by atoms with van der Waals surface area (Å²) < 4.78 is -0.298. The zero-order chi connectivity index (χ0) is 15.2. The van der Waals surface area contributed by atoms with Crippen LogP contribution in [0.1, 0.15) is 6.92 Å². The van der Waals surface area contributed by atoms with Gasteiger partial charge in [-0.3, -0.25) is 15.1 Å². The molecule has 0 bridgehead atoms.